The first-order chi connectivity index (χ1) is 8.59. The van der Waals surface area contributed by atoms with Crippen molar-refractivity contribution in [1.29, 1.82) is 0 Å². The lowest BCUT2D eigenvalue weighted by Gasteiger charge is -2.09. The van der Waals surface area contributed by atoms with Gasteiger partial charge in [0.1, 0.15) is 0 Å². The zero-order valence-electron chi connectivity index (χ0n) is 9.18. The number of carbonyl (C=O) groups is 1. The van der Waals surface area contributed by atoms with Gasteiger partial charge in [0.15, 0.2) is 0 Å². The van der Waals surface area contributed by atoms with Crippen molar-refractivity contribution in [2.24, 2.45) is 10.3 Å². The summed E-state index contributed by atoms with van der Waals surface area (Å²) >= 11 is 0.471. The SMILES string of the molecule is O=C(SNS(=O)(=O)c1ccccc1)N1CCN=N1. The van der Waals surface area contributed by atoms with E-state index in [9.17, 15) is 13.2 Å². The van der Waals surface area contributed by atoms with Crippen LogP contribution in [0.2, 0.25) is 0 Å². The lowest BCUT2D eigenvalue weighted by atomic mass is 10.4. The smallest absolute Gasteiger partial charge is 0.258 e. The molecule has 1 aromatic rings. The standard InChI is InChI=1S/C9H10N4O3S2/c14-9(13-7-6-10-11-13)17-12-18(15,16)8-4-2-1-3-5-8/h1-5,12H,6-7H2. The monoisotopic (exact) mass is 286 g/mol. The largest absolute Gasteiger partial charge is 0.319 e. The molecule has 1 heterocycles. The van der Waals surface area contributed by atoms with Crippen LogP contribution in [0.1, 0.15) is 0 Å². The van der Waals surface area contributed by atoms with E-state index < -0.39 is 15.3 Å². The van der Waals surface area contributed by atoms with Gasteiger partial charge in [0, 0.05) is 11.9 Å². The third-order valence-electron chi connectivity index (χ3n) is 2.09. The second-order valence-electron chi connectivity index (χ2n) is 3.35. The molecule has 0 fully saturated rings. The summed E-state index contributed by atoms with van der Waals surface area (Å²) in [5.41, 5.74) is 0. The average Bonchev–Trinajstić information content (AvgIpc) is 2.91. The normalized spacial score (nSPS) is 15.0. The van der Waals surface area contributed by atoms with Crippen molar-refractivity contribution < 1.29 is 13.2 Å². The maximum absolute atomic E-state index is 11.8. The Morgan fingerprint density at radius 2 is 2.06 bits per heavy atom. The average molecular weight is 286 g/mol. The first kappa shape index (κ1) is 13.0. The number of carbonyl (C=O) groups excluding carboxylic acids is 1. The molecule has 1 aliphatic rings. The Labute approximate surface area is 108 Å². The number of rotatable bonds is 3. The Hall–Kier alpha value is -1.45. The minimum atomic E-state index is -3.69. The molecule has 1 aliphatic heterocycles. The third-order valence-corrected chi connectivity index (χ3v) is 4.58. The highest BCUT2D eigenvalue weighted by Crippen LogP contribution is 2.14. The fourth-order valence-electron chi connectivity index (χ4n) is 1.22. The van der Waals surface area contributed by atoms with Crippen LogP contribution < -0.4 is 4.13 Å². The zero-order valence-corrected chi connectivity index (χ0v) is 10.8. The van der Waals surface area contributed by atoms with Gasteiger partial charge in [0.2, 0.25) is 10.0 Å². The van der Waals surface area contributed by atoms with E-state index in [1.165, 1.54) is 12.1 Å². The van der Waals surface area contributed by atoms with Crippen LogP contribution in [-0.2, 0) is 10.0 Å². The summed E-state index contributed by atoms with van der Waals surface area (Å²) in [6.07, 6.45) is 0. The summed E-state index contributed by atoms with van der Waals surface area (Å²) in [6, 6.07) is 7.82. The molecular formula is C9H10N4O3S2. The van der Waals surface area contributed by atoms with Gasteiger partial charge in [0.05, 0.1) is 18.0 Å². The van der Waals surface area contributed by atoms with Crippen molar-refractivity contribution in [3.05, 3.63) is 30.3 Å². The van der Waals surface area contributed by atoms with Gasteiger partial charge in [-0.2, -0.15) is 5.11 Å². The van der Waals surface area contributed by atoms with Gasteiger partial charge in [-0.05, 0) is 12.1 Å². The molecule has 0 saturated carbocycles. The Balaban J connectivity index is 1.97. The molecule has 2 rings (SSSR count). The van der Waals surface area contributed by atoms with Crippen molar-refractivity contribution in [3.63, 3.8) is 0 Å². The van der Waals surface area contributed by atoms with Crippen LogP contribution in [-0.4, -0.2) is 31.8 Å². The van der Waals surface area contributed by atoms with Gasteiger partial charge in [-0.25, -0.2) is 13.4 Å². The van der Waals surface area contributed by atoms with Crippen LogP contribution in [0.4, 0.5) is 4.79 Å². The minimum absolute atomic E-state index is 0.105. The molecular weight excluding hydrogens is 276 g/mol. The zero-order chi connectivity index (χ0) is 13.0. The van der Waals surface area contributed by atoms with Crippen LogP contribution in [0, 0.1) is 0 Å². The van der Waals surface area contributed by atoms with E-state index in [0.717, 1.165) is 5.01 Å². The second-order valence-corrected chi connectivity index (χ2v) is 6.04. The Morgan fingerprint density at radius 3 is 2.67 bits per heavy atom. The van der Waals surface area contributed by atoms with Crippen molar-refractivity contribution in [2.75, 3.05) is 13.1 Å². The van der Waals surface area contributed by atoms with Crippen LogP contribution >= 0.6 is 11.9 Å². The number of hydrogen-bond donors (Lipinski definition) is 1. The van der Waals surface area contributed by atoms with Crippen molar-refractivity contribution in [2.45, 2.75) is 4.90 Å². The molecule has 18 heavy (non-hydrogen) atoms. The quantitative estimate of drug-likeness (QED) is 0.851. The number of nitrogens with one attached hydrogen (secondary N) is 1. The number of nitrogens with zero attached hydrogens (tertiary/aromatic N) is 3. The number of sulfonamides is 1. The molecule has 0 unspecified atom stereocenters. The molecule has 0 aromatic heterocycles. The van der Waals surface area contributed by atoms with Crippen molar-refractivity contribution >= 4 is 27.2 Å². The van der Waals surface area contributed by atoms with E-state index in [1.807, 2.05) is 0 Å². The van der Waals surface area contributed by atoms with Crippen LogP contribution in [0.25, 0.3) is 0 Å². The number of amides is 1. The predicted octanol–water partition coefficient (Wildman–Crippen LogP) is 1.42. The lowest BCUT2D eigenvalue weighted by molar-refractivity contribution is 0.230. The van der Waals surface area contributed by atoms with Gasteiger partial charge in [-0.3, -0.25) is 4.79 Å². The van der Waals surface area contributed by atoms with E-state index in [-0.39, 0.29) is 4.90 Å². The van der Waals surface area contributed by atoms with Gasteiger partial charge >= 0.3 is 5.24 Å². The summed E-state index contributed by atoms with van der Waals surface area (Å²) in [5, 5.41) is 7.80. The molecule has 0 aliphatic carbocycles. The van der Waals surface area contributed by atoms with Gasteiger partial charge in [-0.15, -0.1) is 4.13 Å². The van der Waals surface area contributed by atoms with Gasteiger partial charge in [0.25, 0.3) is 0 Å². The third kappa shape index (κ3) is 3.06. The predicted molar refractivity (Wildman–Crippen MR) is 66.2 cm³/mol. The molecule has 0 spiro atoms. The highest BCUT2D eigenvalue weighted by atomic mass is 32.3. The molecule has 1 N–H and O–H groups in total. The Kier molecular flexibility index (Phi) is 3.94. The highest BCUT2D eigenvalue weighted by molar-refractivity contribution is 8.18. The molecule has 1 aromatic carbocycles. The molecule has 9 heteroatoms. The molecule has 96 valence electrons. The van der Waals surface area contributed by atoms with E-state index in [4.69, 9.17) is 0 Å². The molecule has 1 amide bonds. The molecule has 7 nitrogen and oxygen atoms in total. The summed E-state index contributed by atoms with van der Waals surface area (Å²) in [6.45, 7) is 0.816. The summed E-state index contributed by atoms with van der Waals surface area (Å²) in [7, 11) is -3.69. The van der Waals surface area contributed by atoms with Crippen LogP contribution in [0.15, 0.2) is 45.6 Å². The maximum Gasteiger partial charge on any atom is 0.319 e. The van der Waals surface area contributed by atoms with Crippen molar-refractivity contribution in [1.82, 2.24) is 9.14 Å². The van der Waals surface area contributed by atoms with Crippen molar-refractivity contribution in [3.8, 4) is 0 Å². The maximum atomic E-state index is 11.8. The molecule has 0 bridgehead atoms. The minimum Gasteiger partial charge on any atom is -0.258 e. The van der Waals surface area contributed by atoms with E-state index >= 15 is 0 Å². The van der Waals surface area contributed by atoms with Crippen LogP contribution in [0.3, 0.4) is 0 Å². The second kappa shape index (κ2) is 5.46. The van der Waals surface area contributed by atoms with Crippen LogP contribution in [0.5, 0.6) is 0 Å². The number of hydrogen-bond acceptors (Lipinski definition) is 6. The Morgan fingerprint density at radius 1 is 1.33 bits per heavy atom. The number of benzene rings is 1. The van der Waals surface area contributed by atoms with Gasteiger partial charge in [-0.1, -0.05) is 23.4 Å². The van der Waals surface area contributed by atoms with E-state index in [0.29, 0.717) is 25.0 Å². The topological polar surface area (TPSA) is 91.2 Å². The first-order valence-electron chi connectivity index (χ1n) is 5.02. The highest BCUT2D eigenvalue weighted by Gasteiger charge is 2.21. The van der Waals surface area contributed by atoms with Gasteiger partial charge < -0.3 is 0 Å². The summed E-state index contributed by atoms with van der Waals surface area (Å²) in [5.74, 6) is 0. The molecule has 0 radical (unpaired) electrons. The van der Waals surface area contributed by atoms with E-state index in [2.05, 4.69) is 14.5 Å². The Bertz CT molecular complexity index is 558. The fourth-order valence-corrected chi connectivity index (χ4v) is 3.08. The fraction of sp³-hybridized carbons (Fsp3) is 0.222. The lowest BCUT2D eigenvalue weighted by Crippen LogP contribution is -2.26. The first-order valence-corrected chi connectivity index (χ1v) is 7.32. The summed E-state index contributed by atoms with van der Waals surface area (Å²) < 4.78 is 25.7. The molecule has 0 saturated heterocycles. The molecule has 0 atom stereocenters. The van der Waals surface area contributed by atoms with E-state index in [1.54, 1.807) is 18.2 Å². The summed E-state index contributed by atoms with van der Waals surface area (Å²) in [4.78, 5) is 11.6.